The molecule has 5 rings (SSSR count). The largest absolute Gasteiger partial charge is 0.487 e. The van der Waals surface area contributed by atoms with E-state index in [4.69, 9.17) is 4.74 Å². The van der Waals surface area contributed by atoms with Crippen LogP contribution in [0.5, 0.6) is 5.75 Å². The second-order valence-electron chi connectivity index (χ2n) is 8.18. The summed E-state index contributed by atoms with van der Waals surface area (Å²) in [5.41, 5.74) is 3.15. The van der Waals surface area contributed by atoms with Gasteiger partial charge in [0.1, 0.15) is 11.4 Å². The number of piperidine rings is 1. The van der Waals surface area contributed by atoms with E-state index in [-0.39, 0.29) is 5.60 Å². The molecule has 0 aliphatic carbocycles. The highest BCUT2D eigenvalue weighted by Crippen LogP contribution is 2.39. The summed E-state index contributed by atoms with van der Waals surface area (Å²) in [7, 11) is 0. The summed E-state index contributed by atoms with van der Waals surface area (Å²) < 4.78 is 6.37. The third kappa shape index (κ3) is 3.01. The fourth-order valence-electron chi connectivity index (χ4n) is 4.75. The van der Waals surface area contributed by atoms with E-state index in [2.05, 4.69) is 11.1 Å². The van der Waals surface area contributed by atoms with Crippen LogP contribution in [0.15, 0.2) is 48.5 Å². The van der Waals surface area contributed by atoms with E-state index in [0.29, 0.717) is 18.7 Å². The minimum atomic E-state index is -0.425. The summed E-state index contributed by atoms with van der Waals surface area (Å²) in [6.07, 6.45) is 3.47. The van der Waals surface area contributed by atoms with Crippen molar-refractivity contribution in [2.75, 3.05) is 13.1 Å². The summed E-state index contributed by atoms with van der Waals surface area (Å²) >= 11 is 0. The third-order valence-electron chi connectivity index (χ3n) is 6.43. The average Bonchev–Trinajstić information content (AvgIpc) is 3.09. The number of nitrogens with zero attached hydrogens (tertiary/aromatic N) is 1. The molecule has 1 fully saturated rings. The summed E-state index contributed by atoms with van der Waals surface area (Å²) in [5.74, 6) is 0.124. The topological polar surface area (TPSA) is 62.4 Å². The molecule has 3 heterocycles. The van der Waals surface area contributed by atoms with Gasteiger partial charge < -0.3 is 14.6 Å². The zero-order chi connectivity index (χ0) is 20.0. The first kappa shape index (κ1) is 18.0. The highest BCUT2D eigenvalue weighted by molar-refractivity contribution is 6.45. The predicted octanol–water partition coefficient (Wildman–Crippen LogP) is 4.05. The number of ether oxygens (including phenoxy) is 1. The SMILES string of the molecule is Cc1[nH]c2ccccc2c1C(=O)C(=O)N1CCC2(CCc3ccccc3O2)CC1. The van der Waals surface area contributed by atoms with Gasteiger partial charge in [0.15, 0.2) is 0 Å². The molecule has 0 bridgehead atoms. The first-order valence-electron chi connectivity index (χ1n) is 10.2. The Balaban J connectivity index is 1.32. The Morgan fingerprint density at radius 1 is 1.00 bits per heavy atom. The molecule has 2 aliphatic rings. The van der Waals surface area contributed by atoms with Crippen LogP contribution in [0.3, 0.4) is 0 Å². The van der Waals surface area contributed by atoms with E-state index in [1.54, 1.807) is 4.90 Å². The molecular weight excluding hydrogens is 364 g/mol. The van der Waals surface area contributed by atoms with Crippen molar-refractivity contribution in [1.82, 2.24) is 9.88 Å². The summed E-state index contributed by atoms with van der Waals surface area (Å²) in [6, 6.07) is 15.8. The number of hydrogen-bond acceptors (Lipinski definition) is 3. The van der Waals surface area contributed by atoms with Crippen LogP contribution >= 0.6 is 0 Å². The second kappa shape index (κ2) is 6.76. The van der Waals surface area contributed by atoms with Crippen molar-refractivity contribution < 1.29 is 14.3 Å². The number of Topliss-reactive ketones (excluding diaryl/α,β-unsaturated/α-hetero) is 1. The van der Waals surface area contributed by atoms with Crippen LogP contribution in [0, 0.1) is 6.92 Å². The number of aryl methyl sites for hydroxylation is 2. The average molecular weight is 388 g/mol. The molecule has 148 valence electrons. The van der Waals surface area contributed by atoms with E-state index >= 15 is 0 Å². The van der Waals surface area contributed by atoms with E-state index < -0.39 is 11.7 Å². The normalized spacial score (nSPS) is 17.8. The first-order valence-corrected chi connectivity index (χ1v) is 10.2. The molecule has 5 nitrogen and oxygen atoms in total. The van der Waals surface area contributed by atoms with Crippen molar-refractivity contribution in [3.8, 4) is 5.75 Å². The van der Waals surface area contributed by atoms with Gasteiger partial charge >= 0.3 is 0 Å². The molecule has 0 unspecified atom stereocenters. The molecule has 1 spiro atoms. The van der Waals surface area contributed by atoms with E-state index in [1.165, 1.54) is 5.56 Å². The number of aromatic amines is 1. The Hall–Kier alpha value is -3.08. The van der Waals surface area contributed by atoms with Crippen molar-refractivity contribution in [3.05, 3.63) is 65.4 Å². The number of hydrogen-bond donors (Lipinski definition) is 1. The number of carbonyl (C=O) groups is 2. The highest BCUT2D eigenvalue weighted by atomic mass is 16.5. The number of amides is 1. The lowest BCUT2D eigenvalue weighted by Crippen LogP contribution is -2.52. The standard InChI is InChI=1S/C24H24N2O3/c1-16-21(18-7-3-4-8-19(18)25-16)22(27)23(28)26-14-12-24(13-15-26)11-10-17-6-2-5-9-20(17)29-24/h2-9,25H,10-15H2,1H3. The predicted molar refractivity (Wildman–Crippen MR) is 111 cm³/mol. The summed E-state index contributed by atoms with van der Waals surface area (Å²) in [6.45, 7) is 2.95. The van der Waals surface area contributed by atoms with Crippen molar-refractivity contribution in [2.24, 2.45) is 0 Å². The number of fused-ring (bicyclic) bond motifs is 2. The number of likely N-dealkylation sites (tertiary alicyclic amines) is 1. The fraction of sp³-hybridized carbons (Fsp3) is 0.333. The zero-order valence-corrected chi connectivity index (χ0v) is 16.5. The van der Waals surface area contributed by atoms with Crippen molar-refractivity contribution in [2.45, 2.75) is 38.2 Å². The summed E-state index contributed by atoms with van der Waals surface area (Å²) in [4.78, 5) is 30.9. The molecular formula is C24H24N2O3. The minimum Gasteiger partial charge on any atom is -0.487 e. The van der Waals surface area contributed by atoms with Crippen LogP contribution < -0.4 is 4.74 Å². The maximum atomic E-state index is 13.0. The third-order valence-corrected chi connectivity index (χ3v) is 6.43. The molecule has 0 saturated carbocycles. The van der Waals surface area contributed by atoms with Gasteiger partial charge in [-0.25, -0.2) is 0 Å². The molecule has 1 N–H and O–H groups in total. The van der Waals surface area contributed by atoms with E-state index in [1.807, 2.05) is 49.4 Å². The van der Waals surface area contributed by atoms with E-state index in [0.717, 1.165) is 48.0 Å². The Bertz CT molecular complexity index is 1110. The van der Waals surface area contributed by atoms with Crippen molar-refractivity contribution >= 4 is 22.6 Å². The maximum absolute atomic E-state index is 13.0. The number of ketones is 1. The van der Waals surface area contributed by atoms with Crippen LogP contribution in [0.1, 0.15) is 40.9 Å². The van der Waals surface area contributed by atoms with E-state index in [9.17, 15) is 9.59 Å². The number of H-pyrrole nitrogens is 1. The van der Waals surface area contributed by atoms with Crippen LogP contribution in [-0.4, -0.2) is 40.3 Å². The van der Waals surface area contributed by atoms with Crippen molar-refractivity contribution in [3.63, 3.8) is 0 Å². The number of rotatable bonds is 2. The monoisotopic (exact) mass is 388 g/mol. The molecule has 2 aliphatic heterocycles. The molecule has 29 heavy (non-hydrogen) atoms. The van der Waals surface area contributed by atoms with Gasteiger partial charge in [0, 0.05) is 42.5 Å². The van der Waals surface area contributed by atoms with Gasteiger partial charge in [-0.3, -0.25) is 9.59 Å². The number of benzene rings is 2. The maximum Gasteiger partial charge on any atom is 0.295 e. The van der Waals surface area contributed by atoms with Crippen LogP contribution in [0.25, 0.3) is 10.9 Å². The number of nitrogens with one attached hydrogen (secondary N) is 1. The fourth-order valence-corrected chi connectivity index (χ4v) is 4.75. The zero-order valence-electron chi connectivity index (χ0n) is 16.5. The lowest BCUT2D eigenvalue weighted by atomic mass is 9.83. The molecule has 0 atom stereocenters. The number of carbonyl (C=O) groups excluding carboxylic acids is 2. The number of aromatic nitrogens is 1. The van der Waals surface area contributed by atoms with Gasteiger partial charge in [0.05, 0.1) is 5.56 Å². The Kier molecular flexibility index (Phi) is 4.19. The molecule has 3 aromatic rings. The minimum absolute atomic E-state index is 0.217. The Morgan fingerprint density at radius 2 is 1.72 bits per heavy atom. The van der Waals surface area contributed by atoms with Crippen molar-refractivity contribution in [1.29, 1.82) is 0 Å². The van der Waals surface area contributed by atoms with Gasteiger partial charge in [0.2, 0.25) is 0 Å². The number of para-hydroxylation sites is 2. The molecule has 5 heteroatoms. The second-order valence-corrected chi connectivity index (χ2v) is 8.18. The van der Waals surface area contributed by atoms with Crippen LogP contribution in [0.4, 0.5) is 0 Å². The molecule has 1 amide bonds. The quantitative estimate of drug-likeness (QED) is 0.532. The highest BCUT2D eigenvalue weighted by Gasteiger charge is 2.41. The van der Waals surface area contributed by atoms with Crippen LogP contribution in [-0.2, 0) is 11.2 Å². The molecule has 2 aromatic carbocycles. The van der Waals surface area contributed by atoms with Gasteiger partial charge in [-0.2, -0.15) is 0 Å². The molecule has 1 aromatic heterocycles. The van der Waals surface area contributed by atoms with Gasteiger partial charge in [0.25, 0.3) is 11.7 Å². The summed E-state index contributed by atoms with van der Waals surface area (Å²) in [5, 5.41) is 0.809. The van der Waals surface area contributed by atoms with Gasteiger partial charge in [-0.05, 0) is 37.5 Å². The molecule has 1 saturated heterocycles. The van der Waals surface area contributed by atoms with Crippen LogP contribution in [0.2, 0.25) is 0 Å². The van der Waals surface area contributed by atoms with Gasteiger partial charge in [-0.15, -0.1) is 0 Å². The lowest BCUT2D eigenvalue weighted by molar-refractivity contribution is -0.130. The molecule has 0 radical (unpaired) electrons. The smallest absolute Gasteiger partial charge is 0.295 e. The first-order chi connectivity index (χ1) is 14.1. The Labute approximate surface area is 169 Å². The lowest BCUT2D eigenvalue weighted by Gasteiger charge is -2.44. The Morgan fingerprint density at radius 3 is 2.55 bits per heavy atom. The van der Waals surface area contributed by atoms with Gasteiger partial charge in [-0.1, -0.05) is 36.4 Å².